The molecule has 1 amide bonds. The third kappa shape index (κ3) is 5.26. The fraction of sp³-hybridized carbons (Fsp3) is 0.440. The Morgan fingerprint density at radius 2 is 1.55 bits per heavy atom. The van der Waals surface area contributed by atoms with Crippen LogP contribution in [-0.4, -0.2) is 43.3 Å². The second-order valence-electron chi connectivity index (χ2n) is 8.12. The van der Waals surface area contributed by atoms with Gasteiger partial charge in [-0.1, -0.05) is 43.2 Å². The summed E-state index contributed by atoms with van der Waals surface area (Å²) < 4.78 is 0. The molecule has 0 aliphatic carbocycles. The number of Topliss-reactive ketones (excluding diaryl/α,β-unsaturated/α-hetero) is 1. The van der Waals surface area contributed by atoms with Gasteiger partial charge in [-0.15, -0.1) is 0 Å². The maximum absolute atomic E-state index is 12.9. The molecule has 3 rings (SSSR count). The smallest absolute Gasteiger partial charge is 0.253 e. The number of ketones is 1. The van der Waals surface area contributed by atoms with Crippen molar-refractivity contribution in [1.29, 1.82) is 0 Å². The van der Waals surface area contributed by atoms with E-state index < -0.39 is 0 Å². The SMILES string of the molecule is CCCCN(C)c1ccc(C(=O)N2CCC(C(=O)c3ccc(C)cc3)CC2)cc1. The van der Waals surface area contributed by atoms with Crippen LogP contribution in [0.1, 0.15) is 58.9 Å². The number of likely N-dealkylation sites (tertiary alicyclic amines) is 1. The lowest BCUT2D eigenvalue weighted by Crippen LogP contribution is -2.40. The van der Waals surface area contributed by atoms with Crippen molar-refractivity contribution in [1.82, 2.24) is 4.90 Å². The molecule has 0 N–H and O–H groups in total. The predicted molar refractivity (Wildman–Crippen MR) is 119 cm³/mol. The molecule has 1 aliphatic rings. The van der Waals surface area contributed by atoms with E-state index in [4.69, 9.17) is 0 Å². The Kier molecular flexibility index (Phi) is 7.08. The quantitative estimate of drug-likeness (QED) is 0.625. The summed E-state index contributed by atoms with van der Waals surface area (Å²) in [6.45, 7) is 6.51. The van der Waals surface area contributed by atoms with Crippen molar-refractivity contribution >= 4 is 17.4 Å². The van der Waals surface area contributed by atoms with Crippen LogP contribution in [0.3, 0.4) is 0 Å². The number of benzene rings is 2. The van der Waals surface area contributed by atoms with E-state index in [0.29, 0.717) is 13.1 Å². The summed E-state index contributed by atoms with van der Waals surface area (Å²) in [6.07, 6.45) is 3.79. The van der Waals surface area contributed by atoms with Gasteiger partial charge in [0.2, 0.25) is 0 Å². The Hall–Kier alpha value is -2.62. The molecule has 2 aromatic carbocycles. The van der Waals surface area contributed by atoms with Crippen LogP contribution in [0, 0.1) is 12.8 Å². The number of carbonyl (C=O) groups excluding carboxylic acids is 2. The average Bonchev–Trinajstić information content (AvgIpc) is 2.77. The zero-order chi connectivity index (χ0) is 20.8. The van der Waals surface area contributed by atoms with Crippen molar-refractivity contribution in [3.8, 4) is 0 Å². The van der Waals surface area contributed by atoms with Crippen LogP contribution >= 0.6 is 0 Å². The summed E-state index contributed by atoms with van der Waals surface area (Å²) in [6, 6.07) is 15.7. The molecule has 4 heteroatoms. The summed E-state index contributed by atoms with van der Waals surface area (Å²) in [5.74, 6) is 0.280. The predicted octanol–water partition coefficient (Wildman–Crippen LogP) is 4.97. The lowest BCUT2D eigenvalue weighted by Gasteiger charge is -2.31. The van der Waals surface area contributed by atoms with Crippen molar-refractivity contribution in [3.05, 3.63) is 65.2 Å². The summed E-state index contributed by atoms with van der Waals surface area (Å²) in [5.41, 5.74) is 3.80. The molecule has 0 unspecified atom stereocenters. The normalized spacial score (nSPS) is 14.7. The minimum absolute atomic E-state index is 0.0105. The molecule has 29 heavy (non-hydrogen) atoms. The summed E-state index contributed by atoms with van der Waals surface area (Å²) in [5, 5.41) is 0. The average molecular weight is 393 g/mol. The zero-order valence-electron chi connectivity index (χ0n) is 17.9. The van der Waals surface area contributed by atoms with Crippen molar-refractivity contribution < 1.29 is 9.59 Å². The van der Waals surface area contributed by atoms with Crippen LogP contribution in [0.15, 0.2) is 48.5 Å². The van der Waals surface area contributed by atoms with Crippen LogP contribution in [0.2, 0.25) is 0 Å². The molecule has 0 aromatic heterocycles. The van der Waals surface area contributed by atoms with Gasteiger partial charge in [0, 0.05) is 49.4 Å². The van der Waals surface area contributed by atoms with Gasteiger partial charge in [0.1, 0.15) is 0 Å². The molecule has 1 fully saturated rings. The van der Waals surface area contributed by atoms with E-state index in [-0.39, 0.29) is 17.6 Å². The van der Waals surface area contributed by atoms with Crippen molar-refractivity contribution in [2.45, 2.75) is 39.5 Å². The first kappa shape index (κ1) is 21.1. The van der Waals surface area contributed by atoms with Crippen LogP contribution in [-0.2, 0) is 0 Å². The molecular formula is C25H32N2O2. The Labute approximate surface area is 174 Å². The molecule has 1 heterocycles. The van der Waals surface area contributed by atoms with E-state index in [1.54, 1.807) is 0 Å². The van der Waals surface area contributed by atoms with E-state index >= 15 is 0 Å². The molecule has 0 bridgehead atoms. The number of hydrogen-bond acceptors (Lipinski definition) is 3. The highest BCUT2D eigenvalue weighted by Crippen LogP contribution is 2.24. The van der Waals surface area contributed by atoms with E-state index in [9.17, 15) is 9.59 Å². The number of hydrogen-bond donors (Lipinski definition) is 0. The summed E-state index contributed by atoms with van der Waals surface area (Å²) in [4.78, 5) is 29.7. The standard InChI is InChI=1S/C25H32N2O2/c1-4-5-16-26(3)23-12-10-22(11-13-23)25(29)27-17-14-21(15-18-27)24(28)20-8-6-19(2)7-9-20/h6-13,21H,4-5,14-18H2,1-3H3. The highest BCUT2D eigenvalue weighted by atomic mass is 16.2. The fourth-order valence-corrected chi connectivity index (χ4v) is 3.86. The molecule has 0 spiro atoms. The topological polar surface area (TPSA) is 40.6 Å². The van der Waals surface area contributed by atoms with Crippen LogP contribution in [0.5, 0.6) is 0 Å². The lowest BCUT2D eigenvalue weighted by molar-refractivity contribution is 0.0650. The molecular weight excluding hydrogens is 360 g/mol. The van der Waals surface area contributed by atoms with E-state index in [1.165, 1.54) is 6.42 Å². The first-order valence-corrected chi connectivity index (χ1v) is 10.7. The fourth-order valence-electron chi connectivity index (χ4n) is 3.86. The number of anilines is 1. The van der Waals surface area contributed by atoms with E-state index in [1.807, 2.05) is 60.4 Å². The van der Waals surface area contributed by atoms with Gasteiger partial charge in [-0.25, -0.2) is 0 Å². The summed E-state index contributed by atoms with van der Waals surface area (Å²) >= 11 is 0. The number of aryl methyl sites for hydroxylation is 1. The summed E-state index contributed by atoms with van der Waals surface area (Å²) in [7, 11) is 2.09. The Morgan fingerprint density at radius 1 is 0.966 bits per heavy atom. The highest BCUT2D eigenvalue weighted by molar-refractivity contribution is 5.98. The van der Waals surface area contributed by atoms with Gasteiger partial charge in [0.15, 0.2) is 5.78 Å². The number of amides is 1. The maximum Gasteiger partial charge on any atom is 0.253 e. The molecule has 0 atom stereocenters. The lowest BCUT2D eigenvalue weighted by atomic mass is 9.88. The molecule has 1 saturated heterocycles. The van der Waals surface area contributed by atoms with Gasteiger partial charge in [0.25, 0.3) is 5.91 Å². The minimum Gasteiger partial charge on any atom is -0.375 e. The second-order valence-corrected chi connectivity index (χ2v) is 8.12. The first-order valence-electron chi connectivity index (χ1n) is 10.7. The number of rotatable bonds is 7. The number of nitrogens with zero attached hydrogens (tertiary/aromatic N) is 2. The largest absolute Gasteiger partial charge is 0.375 e. The van der Waals surface area contributed by atoms with Crippen molar-refractivity contribution in [3.63, 3.8) is 0 Å². The molecule has 0 radical (unpaired) electrons. The molecule has 4 nitrogen and oxygen atoms in total. The van der Waals surface area contributed by atoms with Crippen LogP contribution < -0.4 is 4.90 Å². The number of carbonyl (C=O) groups is 2. The van der Waals surface area contributed by atoms with Gasteiger partial charge in [-0.2, -0.15) is 0 Å². The Morgan fingerprint density at radius 3 is 2.14 bits per heavy atom. The van der Waals surface area contributed by atoms with Crippen LogP contribution in [0.4, 0.5) is 5.69 Å². The number of piperidine rings is 1. The third-order valence-electron chi connectivity index (χ3n) is 5.89. The minimum atomic E-state index is 0.0105. The van der Waals surface area contributed by atoms with Gasteiger partial charge in [0.05, 0.1) is 0 Å². The highest BCUT2D eigenvalue weighted by Gasteiger charge is 2.28. The number of unbranched alkanes of at least 4 members (excludes halogenated alkanes) is 1. The Balaban J connectivity index is 1.55. The first-order chi connectivity index (χ1) is 14.0. The monoisotopic (exact) mass is 392 g/mol. The van der Waals surface area contributed by atoms with E-state index in [2.05, 4.69) is 18.9 Å². The van der Waals surface area contributed by atoms with Gasteiger partial charge in [-0.3, -0.25) is 9.59 Å². The third-order valence-corrected chi connectivity index (χ3v) is 5.89. The van der Waals surface area contributed by atoms with E-state index in [0.717, 1.165) is 48.2 Å². The van der Waals surface area contributed by atoms with Crippen molar-refractivity contribution in [2.75, 3.05) is 31.6 Å². The van der Waals surface area contributed by atoms with Crippen molar-refractivity contribution in [2.24, 2.45) is 5.92 Å². The zero-order valence-corrected chi connectivity index (χ0v) is 17.9. The molecule has 154 valence electrons. The molecule has 1 aliphatic heterocycles. The second kappa shape index (κ2) is 9.73. The Bertz CT molecular complexity index is 819. The van der Waals surface area contributed by atoms with Crippen LogP contribution in [0.25, 0.3) is 0 Å². The molecule has 0 saturated carbocycles. The van der Waals surface area contributed by atoms with Gasteiger partial charge < -0.3 is 9.80 Å². The van der Waals surface area contributed by atoms with Gasteiger partial charge in [-0.05, 0) is 50.5 Å². The van der Waals surface area contributed by atoms with Gasteiger partial charge >= 0.3 is 0 Å². The maximum atomic E-state index is 12.9. The molecule has 2 aromatic rings.